The average molecular weight is 300 g/mol. The fraction of sp³-hybridized carbons (Fsp3) is 0.200. The summed E-state index contributed by atoms with van der Waals surface area (Å²) >= 11 is 0. The second kappa shape index (κ2) is 4.19. The van der Waals surface area contributed by atoms with Crippen molar-refractivity contribution in [3.05, 3.63) is 65.5 Å². The van der Waals surface area contributed by atoms with E-state index >= 15 is 0 Å². The predicted octanol–water partition coefficient (Wildman–Crippen LogP) is 4.34. The van der Waals surface area contributed by atoms with Crippen LogP contribution in [0.2, 0.25) is 0 Å². The molecule has 0 atom stereocenters. The Balaban J connectivity index is 1.91. The first kappa shape index (κ1) is 12.8. The van der Waals surface area contributed by atoms with Gasteiger partial charge in [-0.3, -0.25) is 9.97 Å². The van der Waals surface area contributed by atoms with Crippen molar-refractivity contribution in [2.45, 2.75) is 25.9 Å². The molecule has 112 valence electrons. The molecule has 23 heavy (non-hydrogen) atoms. The quantitative estimate of drug-likeness (QED) is 0.619. The van der Waals surface area contributed by atoms with Gasteiger partial charge < -0.3 is 4.74 Å². The third-order valence-corrected chi connectivity index (χ3v) is 5.04. The Morgan fingerprint density at radius 1 is 0.957 bits per heavy atom. The van der Waals surface area contributed by atoms with Crippen LogP contribution in [-0.4, -0.2) is 9.97 Å². The molecule has 0 amide bonds. The topological polar surface area (TPSA) is 35.0 Å². The maximum atomic E-state index is 5.88. The summed E-state index contributed by atoms with van der Waals surface area (Å²) in [5, 5.41) is 0. The molecule has 2 aromatic heterocycles. The summed E-state index contributed by atoms with van der Waals surface area (Å²) in [5.74, 6) is 0.869. The molecule has 1 aromatic carbocycles. The number of ether oxygens (including phenoxy) is 1. The molecule has 1 aliphatic heterocycles. The summed E-state index contributed by atoms with van der Waals surface area (Å²) in [4.78, 5) is 9.27. The zero-order chi connectivity index (χ0) is 15.6. The first-order valence-corrected chi connectivity index (χ1v) is 7.88. The van der Waals surface area contributed by atoms with Gasteiger partial charge >= 0.3 is 0 Å². The van der Waals surface area contributed by atoms with Gasteiger partial charge in [-0.05, 0) is 34.9 Å². The fourth-order valence-electron chi connectivity index (χ4n) is 3.99. The van der Waals surface area contributed by atoms with Crippen LogP contribution in [0.3, 0.4) is 0 Å². The molecule has 0 saturated heterocycles. The van der Waals surface area contributed by atoms with E-state index in [1.54, 1.807) is 0 Å². The number of hydrogen-bond donors (Lipinski definition) is 0. The van der Waals surface area contributed by atoms with E-state index in [2.05, 4.69) is 42.0 Å². The van der Waals surface area contributed by atoms with Gasteiger partial charge in [0, 0.05) is 28.9 Å². The van der Waals surface area contributed by atoms with Gasteiger partial charge in [0.05, 0.1) is 5.69 Å². The lowest BCUT2D eigenvalue weighted by molar-refractivity contribution is 0.300. The SMILES string of the molecule is CC1(C)c2cccnc2-c2ccc3c(c21)-c1ncccc1OC3. The maximum absolute atomic E-state index is 5.88. The average Bonchev–Trinajstić information content (AvgIpc) is 2.83. The highest BCUT2D eigenvalue weighted by Crippen LogP contribution is 2.53. The molecular formula is C20H16N2O. The van der Waals surface area contributed by atoms with Crippen molar-refractivity contribution in [1.29, 1.82) is 0 Å². The van der Waals surface area contributed by atoms with E-state index in [1.807, 2.05) is 30.6 Å². The highest BCUT2D eigenvalue weighted by atomic mass is 16.5. The van der Waals surface area contributed by atoms with Crippen LogP contribution in [0.5, 0.6) is 5.75 Å². The number of fused-ring (bicyclic) bond motifs is 7. The van der Waals surface area contributed by atoms with Crippen molar-refractivity contribution in [3.8, 4) is 28.3 Å². The summed E-state index contributed by atoms with van der Waals surface area (Å²) in [6, 6.07) is 12.5. The molecule has 0 N–H and O–H groups in total. The van der Waals surface area contributed by atoms with E-state index in [0.717, 1.165) is 17.1 Å². The van der Waals surface area contributed by atoms with Crippen LogP contribution in [0.25, 0.3) is 22.5 Å². The first-order valence-electron chi connectivity index (χ1n) is 7.88. The van der Waals surface area contributed by atoms with Crippen molar-refractivity contribution >= 4 is 0 Å². The van der Waals surface area contributed by atoms with Gasteiger partial charge in [-0.2, -0.15) is 0 Å². The van der Waals surface area contributed by atoms with Crippen molar-refractivity contribution < 1.29 is 4.74 Å². The van der Waals surface area contributed by atoms with Gasteiger partial charge in [0.1, 0.15) is 18.1 Å². The molecule has 2 aliphatic rings. The monoisotopic (exact) mass is 300 g/mol. The number of rotatable bonds is 0. The zero-order valence-corrected chi connectivity index (χ0v) is 13.1. The maximum Gasteiger partial charge on any atom is 0.146 e. The van der Waals surface area contributed by atoms with E-state index in [4.69, 9.17) is 4.74 Å². The summed E-state index contributed by atoms with van der Waals surface area (Å²) in [7, 11) is 0. The highest BCUT2D eigenvalue weighted by molar-refractivity contribution is 5.88. The van der Waals surface area contributed by atoms with Crippen LogP contribution >= 0.6 is 0 Å². The minimum Gasteiger partial charge on any atom is -0.487 e. The van der Waals surface area contributed by atoms with Crippen LogP contribution in [0.15, 0.2) is 48.8 Å². The van der Waals surface area contributed by atoms with E-state index < -0.39 is 0 Å². The van der Waals surface area contributed by atoms with Gasteiger partial charge in [0.25, 0.3) is 0 Å². The van der Waals surface area contributed by atoms with Crippen molar-refractivity contribution in [3.63, 3.8) is 0 Å². The van der Waals surface area contributed by atoms with Gasteiger partial charge in [-0.25, -0.2) is 0 Å². The normalized spacial score (nSPS) is 15.9. The number of nitrogens with zero attached hydrogens (tertiary/aromatic N) is 2. The lowest BCUT2D eigenvalue weighted by Crippen LogP contribution is -2.19. The second-order valence-electron chi connectivity index (χ2n) is 6.69. The molecule has 0 spiro atoms. The van der Waals surface area contributed by atoms with Crippen LogP contribution in [-0.2, 0) is 12.0 Å². The summed E-state index contributed by atoms with van der Waals surface area (Å²) in [6.45, 7) is 5.15. The first-order chi connectivity index (χ1) is 11.2. The molecule has 3 heteroatoms. The van der Waals surface area contributed by atoms with Crippen LogP contribution in [0, 0.1) is 0 Å². The molecule has 1 aliphatic carbocycles. The van der Waals surface area contributed by atoms with Gasteiger partial charge in [0.15, 0.2) is 0 Å². The Hall–Kier alpha value is -2.68. The van der Waals surface area contributed by atoms with E-state index in [0.29, 0.717) is 6.61 Å². The van der Waals surface area contributed by atoms with Crippen LogP contribution in [0.4, 0.5) is 0 Å². The van der Waals surface area contributed by atoms with Gasteiger partial charge in [-0.1, -0.05) is 32.0 Å². The third-order valence-electron chi connectivity index (χ3n) is 5.04. The lowest BCUT2D eigenvalue weighted by Gasteiger charge is -2.28. The molecule has 0 unspecified atom stereocenters. The Labute approximate surface area is 135 Å². The Morgan fingerprint density at radius 2 is 1.74 bits per heavy atom. The summed E-state index contributed by atoms with van der Waals surface area (Å²) < 4.78 is 5.88. The predicted molar refractivity (Wildman–Crippen MR) is 89.4 cm³/mol. The smallest absolute Gasteiger partial charge is 0.146 e. The lowest BCUT2D eigenvalue weighted by atomic mass is 9.78. The molecule has 3 aromatic rings. The van der Waals surface area contributed by atoms with E-state index in [9.17, 15) is 0 Å². The third kappa shape index (κ3) is 1.54. The van der Waals surface area contributed by atoms with E-state index in [-0.39, 0.29) is 5.41 Å². The van der Waals surface area contributed by atoms with E-state index in [1.165, 1.54) is 27.8 Å². The minimum atomic E-state index is -0.0869. The molecule has 0 radical (unpaired) electrons. The molecule has 0 saturated carbocycles. The van der Waals surface area contributed by atoms with Crippen molar-refractivity contribution in [2.24, 2.45) is 0 Å². The van der Waals surface area contributed by atoms with Crippen molar-refractivity contribution in [1.82, 2.24) is 9.97 Å². The van der Waals surface area contributed by atoms with Crippen molar-refractivity contribution in [2.75, 3.05) is 0 Å². The number of pyridine rings is 2. The number of aromatic nitrogens is 2. The summed E-state index contributed by atoms with van der Waals surface area (Å²) in [5.41, 5.74) is 8.23. The minimum absolute atomic E-state index is 0.0869. The largest absolute Gasteiger partial charge is 0.487 e. The second-order valence-corrected chi connectivity index (χ2v) is 6.69. The van der Waals surface area contributed by atoms with Crippen LogP contribution in [0.1, 0.15) is 30.5 Å². The Morgan fingerprint density at radius 3 is 2.61 bits per heavy atom. The molecule has 3 heterocycles. The van der Waals surface area contributed by atoms with Crippen LogP contribution < -0.4 is 4.74 Å². The Bertz CT molecular complexity index is 960. The number of benzene rings is 1. The molecule has 5 rings (SSSR count). The molecule has 3 nitrogen and oxygen atoms in total. The van der Waals surface area contributed by atoms with Gasteiger partial charge in [-0.15, -0.1) is 0 Å². The Kier molecular flexibility index (Phi) is 2.34. The summed E-state index contributed by atoms with van der Waals surface area (Å²) in [6.07, 6.45) is 3.71. The fourth-order valence-corrected chi connectivity index (χ4v) is 3.99. The number of hydrogen-bond acceptors (Lipinski definition) is 3. The molecular weight excluding hydrogens is 284 g/mol. The molecule has 0 bridgehead atoms. The standard InChI is InChI=1S/C20H16N2O/c1-20(2)14-5-3-9-21-18(14)13-8-7-12-11-23-15-6-4-10-22-19(15)16(12)17(13)20/h3-10H,11H2,1-2H3. The zero-order valence-electron chi connectivity index (χ0n) is 13.1. The molecule has 0 fully saturated rings. The van der Waals surface area contributed by atoms with Gasteiger partial charge in [0.2, 0.25) is 0 Å². The highest BCUT2D eigenvalue weighted by Gasteiger charge is 2.40.